The normalized spacial score (nSPS) is 21.0. The van der Waals surface area contributed by atoms with Gasteiger partial charge in [-0.1, -0.05) is 0 Å². The molecule has 0 amide bonds. The average molecular weight is 164 g/mol. The molecule has 0 aliphatic carbocycles. The number of nitrogens with zero attached hydrogens (tertiary/aromatic N) is 1. The van der Waals surface area contributed by atoms with Gasteiger partial charge in [-0.2, -0.15) is 4.57 Å². The summed E-state index contributed by atoms with van der Waals surface area (Å²) in [6, 6.07) is 4.33. The monoisotopic (exact) mass is 164 g/mol. The highest BCUT2D eigenvalue weighted by molar-refractivity contribution is 5.08. The maximum Gasteiger partial charge on any atom is 0.178 e. The van der Waals surface area contributed by atoms with Crippen molar-refractivity contribution >= 4 is 0 Å². The number of aryl methyl sites for hydroxylation is 2. The standard InChI is InChI=1S/C10H14NO/c1-8-3-4-11(9(2)5-8)6-10-7-12-10/h3-5,10H,6-7H2,1-2H3/q+1/t10-/m1/s1. The molecule has 0 radical (unpaired) electrons. The van der Waals surface area contributed by atoms with Crippen LogP contribution in [0.2, 0.25) is 0 Å². The minimum absolute atomic E-state index is 0.469. The number of aromatic nitrogens is 1. The highest BCUT2D eigenvalue weighted by Crippen LogP contribution is 2.08. The lowest BCUT2D eigenvalue weighted by molar-refractivity contribution is -0.703. The number of epoxide rings is 1. The predicted molar refractivity (Wildman–Crippen MR) is 45.9 cm³/mol. The van der Waals surface area contributed by atoms with E-state index >= 15 is 0 Å². The van der Waals surface area contributed by atoms with Gasteiger partial charge in [0.1, 0.15) is 6.10 Å². The third-order valence-electron chi connectivity index (χ3n) is 2.21. The van der Waals surface area contributed by atoms with Crippen LogP contribution in [0.25, 0.3) is 0 Å². The Labute approximate surface area is 72.8 Å². The first kappa shape index (κ1) is 7.74. The molecule has 1 atom stereocenters. The Bertz CT molecular complexity index is 292. The summed E-state index contributed by atoms with van der Waals surface area (Å²) in [6.45, 7) is 6.19. The summed E-state index contributed by atoms with van der Waals surface area (Å²) >= 11 is 0. The molecule has 2 heterocycles. The summed E-state index contributed by atoms with van der Waals surface area (Å²) in [7, 11) is 0. The van der Waals surface area contributed by atoms with Crippen molar-refractivity contribution in [3.8, 4) is 0 Å². The first-order chi connectivity index (χ1) is 5.75. The van der Waals surface area contributed by atoms with Crippen LogP contribution < -0.4 is 4.57 Å². The van der Waals surface area contributed by atoms with Crippen LogP contribution in [0, 0.1) is 13.8 Å². The molecule has 12 heavy (non-hydrogen) atoms. The Kier molecular flexibility index (Phi) is 1.85. The predicted octanol–water partition coefficient (Wildman–Crippen LogP) is 0.990. The number of pyridine rings is 1. The molecule has 0 unspecified atom stereocenters. The molecule has 2 rings (SSSR count). The summed E-state index contributed by atoms with van der Waals surface area (Å²) in [5.74, 6) is 0. The highest BCUT2D eigenvalue weighted by Gasteiger charge is 2.27. The molecule has 1 aromatic heterocycles. The van der Waals surface area contributed by atoms with Gasteiger partial charge < -0.3 is 4.74 Å². The molecule has 0 saturated carbocycles. The van der Waals surface area contributed by atoms with Crippen molar-refractivity contribution in [2.24, 2.45) is 0 Å². The lowest BCUT2D eigenvalue weighted by Gasteiger charge is -1.98. The second-order valence-corrected chi connectivity index (χ2v) is 3.45. The largest absolute Gasteiger partial charge is 0.366 e. The van der Waals surface area contributed by atoms with Crippen LogP contribution in [0.1, 0.15) is 11.3 Å². The summed E-state index contributed by atoms with van der Waals surface area (Å²) in [4.78, 5) is 0. The maximum atomic E-state index is 5.18. The van der Waals surface area contributed by atoms with Crippen molar-refractivity contribution < 1.29 is 9.30 Å². The molecule has 1 fully saturated rings. The smallest absolute Gasteiger partial charge is 0.178 e. The molecule has 1 aromatic rings. The summed E-state index contributed by atoms with van der Waals surface area (Å²) in [6.07, 6.45) is 2.60. The van der Waals surface area contributed by atoms with E-state index in [1.54, 1.807) is 0 Å². The summed E-state index contributed by atoms with van der Waals surface area (Å²) in [5.41, 5.74) is 2.63. The van der Waals surface area contributed by atoms with Crippen LogP contribution in [0.3, 0.4) is 0 Å². The van der Waals surface area contributed by atoms with Gasteiger partial charge in [0.05, 0.1) is 6.61 Å². The zero-order valence-electron chi connectivity index (χ0n) is 7.58. The van der Waals surface area contributed by atoms with Crippen LogP contribution in [0.4, 0.5) is 0 Å². The minimum atomic E-state index is 0.469. The van der Waals surface area contributed by atoms with E-state index in [9.17, 15) is 0 Å². The average Bonchev–Trinajstić information content (AvgIpc) is 2.79. The van der Waals surface area contributed by atoms with Crippen molar-refractivity contribution in [1.29, 1.82) is 0 Å². The summed E-state index contributed by atoms with van der Waals surface area (Å²) in [5, 5.41) is 0. The first-order valence-corrected chi connectivity index (χ1v) is 4.34. The van der Waals surface area contributed by atoms with Crippen LogP contribution in [0.15, 0.2) is 18.3 Å². The molecule has 2 nitrogen and oxygen atoms in total. The second kappa shape index (κ2) is 2.87. The van der Waals surface area contributed by atoms with Crippen LogP contribution in [0.5, 0.6) is 0 Å². The van der Waals surface area contributed by atoms with Gasteiger partial charge in [0.15, 0.2) is 18.4 Å². The SMILES string of the molecule is Cc1cc[n+](C[C@@H]2CO2)c(C)c1. The van der Waals surface area contributed by atoms with Gasteiger partial charge >= 0.3 is 0 Å². The zero-order valence-corrected chi connectivity index (χ0v) is 7.58. The number of rotatable bonds is 2. The quantitative estimate of drug-likeness (QED) is 0.470. The molecule has 1 aliphatic heterocycles. The molecular weight excluding hydrogens is 150 g/mol. The van der Waals surface area contributed by atoms with Gasteiger partial charge in [0.25, 0.3) is 0 Å². The Morgan fingerprint density at radius 1 is 1.58 bits per heavy atom. The maximum absolute atomic E-state index is 5.18. The van der Waals surface area contributed by atoms with Crippen LogP contribution in [-0.4, -0.2) is 12.7 Å². The van der Waals surface area contributed by atoms with Gasteiger partial charge in [0, 0.05) is 19.1 Å². The van der Waals surface area contributed by atoms with E-state index < -0.39 is 0 Å². The molecule has 2 heteroatoms. The zero-order chi connectivity index (χ0) is 8.55. The first-order valence-electron chi connectivity index (χ1n) is 4.34. The molecule has 1 aliphatic rings. The molecule has 64 valence electrons. The van der Waals surface area contributed by atoms with Crippen molar-refractivity contribution in [1.82, 2.24) is 0 Å². The third-order valence-corrected chi connectivity index (χ3v) is 2.21. The number of ether oxygens (including phenoxy) is 1. The van der Waals surface area contributed by atoms with E-state index in [0.29, 0.717) is 6.10 Å². The topological polar surface area (TPSA) is 16.4 Å². The fourth-order valence-corrected chi connectivity index (χ4v) is 1.38. The molecular formula is C10H14NO+. The van der Waals surface area contributed by atoms with Gasteiger partial charge in [-0.15, -0.1) is 0 Å². The second-order valence-electron chi connectivity index (χ2n) is 3.45. The van der Waals surface area contributed by atoms with Gasteiger partial charge in [-0.25, -0.2) is 0 Å². The lowest BCUT2D eigenvalue weighted by Crippen LogP contribution is -2.39. The number of hydrogen-bond donors (Lipinski definition) is 0. The molecule has 0 spiro atoms. The van der Waals surface area contributed by atoms with Crippen molar-refractivity contribution in [2.75, 3.05) is 6.61 Å². The molecule has 0 bridgehead atoms. The van der Waals surface area contributed by atoms with E-state index in [0.717, 1.165) is 13.2 Å². The minimum Gasteiger partial charge on any atom is -0.366 e. The van der Waals surface area contributed by atoms with Gasteiger partial charge in [0.2, 0.25) is 0 Å². The molecule has 0 N–H and O–H groups in total. The van der Waals surface area contributed by atoms with E-state index in [2.05, 4.69) is 36.7 Å². The van der Waals surface area contributed by atoms with E-state index in [1.807, 2.05) is 0 Å². The van der Waals surface area contributed by atoms with E-state index in [4.69, 9.17) is 4.74 Å². The molecule has 0 aromatic carbocycles. The fourth-order valence-electron chi connectivity index (χ4n) is 1.38. The van der Waals surface area contributed by atoms with Gasteiger partial charge in [-0.3, -0.25) is 0 Å². The van der Waals surface area contributed by atoms with E-state index in [1.165, 1.54) is 11.3 Å². The van der Waals surface area contributed by atoms with Crippen molar-refractivity contribution in [3.05, 3.63) is 29.6 Å². The summed E-state index contributed by atoms with van der Waals surface area (Å²) < 4.78 is 7.42. The van der Waals surface area contributed by atoms with Gasteiger partial charge in [-0.05, 0) is 12.5 Å². The molecule has 1 saturated heterocycles. The Morgan fingerprint density at radius 2 is 2.33 bits per heavy atom. The van der Waals surface area contributed by atoms with Crippen molar-refractivity contribution in [3.63, 3.8) is 0 Å². The third kappa shape index (κ3) is 1.64. The fraction of sp³-hybridized carbons (Fsp3) is 0.500. The Balaban J connectivity index is 2.18. The van der Waals surface area contributed by atoms with Crippen LogP contribution in [-0.2, 0) is 11.3 Å². The Morgan fingerprint density at radius 3 is 2.92 bits per heavy atom. The number of hydrogen-bond acceptors (Lipinski definition) is 1. The highest BCUT2D eigenvalue weighted by atomic mass is 16.6. The van der Waals surface area contributed by atoms with Crippen LogP contribution >= 0.6 is 0 Å². The lowest BCUT2D eigenvalue weighted by atomic mass is 10.2. The van der Waals surface area contributed by atoms with Crippen molar-refractivity contribution in [2.45, 2.75) is 26.5 Å². The Hall–Kier alpha value is -0.890. The van der Waals surface area contributed by atoms with E-state index in [-0.39, 0.29) is 0 Å².